The summed E-state index contributed by atoms with van der Waals surface area (Å²) in [6.07, 6.45) is 0. The number of hydrogen-bond donors (Lipinski definition) is 0. The van der Waals surface area contributed by atoms with Gasteiger partial charge in [0.05, 0.1) is 22.4 Å². The van der Waals surface area contributed by atoms with Crippen LogP contribution in [0.5, 0.6) is 0 Å². The molecule has 9 aromatic rings. The highest BCUT2D eigenvalue weighted by Gasteiger charge is 2.43. The normalized spacial score (nSPS) is 14.5. The summed E-state index contributed by atoms with van der Waals surface area (Å²) in [4.78, 5) is 10.2. The highest BCUT2D eigenvalue weighted by atomic mass is 15.0. The standard InChI is InChI=1S/C52H39N3/c1-51(2)40-21-13-11-20-37(40)48-41(51)27-28-42-49(48)39-29-38-36-19-12-14-22-46(36)55(47(38)30-43(39)52(42,3)4)35-25-23-34(24-26-35)50-53-44(32-15-7-5-8-16-32)31-45(54-50)33-17-9-6-10-18-33/h5-31H,1-4H3. The van der Waals surface area contributed by atoms with Crippen LogP contribution in [0.3, 0.4) is 0 Å². The fourth-order valence-electron chi connectivity index (χ4n) is 9.61. The van der Waals surface area contributed by atoms with Crippen molar-refractivity contribution in [2.75, 3.05) is 0 Å². The quantitative estimate of drug-likeness (QED) is 0.182. The van der Waals surface area contributed by atoms with Crippen molar-refractivity contribution in [2.45, 2.75) is 38.5 Å². The lowest BCUT2D eigenvalue weighted by Gasteiger charge is -2.24. The Hall–Kier alpha value is -6.58. The van der Waals surface area contributed by atoms with Gasteiger partial charge >= 0.3 is 0 Å². The van der Waals surface area contributed by atoms with Crippen LogP contribution < -0.4 is 0 Å². The maximum Gasteiger partial charge on any atom is 0.160 e. The summed E-state index contributed by atoms with van der Waals surface area (Å²) in [5.41, 5.74) is 19.5. The lowest BCUT2D eigenvalue weighted by Crippen LogP contribution is -2.17. The van der Waals surface area contributed by atoms with Crippen molar-refractivity contribution in [1.29, 1.82) is 0 Å². The van der Waals surface area contributed by atoms with Gasteiger partial charge in [-0.05, 0) is 93.0 Å². The van der Waals surface area contributed by atoms with Crippen molar-refractivity contribution >= 4 is 21.8 Å². The molecule has 0 N–H and O–H groups in total. The number of rotatable bonds is 4. The number of fused-ring (bicyclic) bond motifs is 10. The minimum absolute atomic E-state index is 0.0445. The van der Waals surface area contributed by atoms with E-state index < -0.39 is 0 Å². The average molecular weight is 706 g/mol. The van der Waals surface area contributed by atoms with Gasteiger partial charge in [0, 0.05) is 44.0 Å². The average Bonchev–Trinajstić information content (AvgIpc) is 3.77. The van der Waals surface area contributed by atoms with E-state index in [9.17, 15) is 0 Å². The predicted octanol–water partition coefficient (Wildman–Crippen LogP) is 13.2. The van der Waals surface area contributed by atoms with Gasteiger partial charge in [0.1, 0.15) is 0 Å². The van der Waals surface area contributed by atoms with E-state index in [0.717, 1.165) is 33.8 Å². The summed E-state index contributed by atoms with van der Waals surface area (Å²) in [5, 5.41) is 2.53. The maximum absolute atomic E-state index is 5.10. The predicted molar refractivity (Wildman–Crippen MR) is 228 cm³/mol. The Morgan fingerprint density at radius 1 is 0.400 bits per heavy atom. The van der Waals surface area contributed by atoms with Crippen LogP contribution in [-0.2, 0) is 10.8 Å². The van der Waals surface area contributed by atoms with Crippen molar-refractivity contribution in [3.05, 3.63) is 186 Å². The third-order valence-corrected chi connectivity index (χ3v) is 12.4. The van der Waals surface area contributed by atoms with E-state index >= 15 is 0 Å². The van der Waals surface area contributed by atoms with Gasteiger partial charge in [-0.3, -0.25) is 0 Å². The van der Waals surface area contributed by atoms with Crippen molar-refractivity contribution < 1.29 is 0 Å². The van der Waals surface area contributed by atoms with Crippen LogP contribution in [0, 0.1) is 0 Å². The summed E-state index contributed by atoms with van der Waals surface area (Å²) >= 11 is 0. The van der Waals surface area contributed by atoms with E-state index in [4.69, 9.17) is 9.97 Å². The van der Waals surface area contributed by atoms with Gasteiger partial charge in [0.25, 0.3) is 0 Å². The van der Waals surface area contributed by atoms with Crippen LogP contribution >= 0.6 is 0 Å². The molecule has 0 aliphatic heterocycles. The molecule has 0 spiro atoms. The summed E-state index contributed by atoms with van der Waals surface area (Å²) in [6, 6.07) is 59.3. The monoisotopic (exact) mass is 705 g/mol. The lowest BCUT2D eigenvalue weighted by atomic mass is 9.79. The Morgan fingerprint density at radius 2 is 0.964 bits per heavy atom. The third-order valence-electron chi connectivity index (χ3n) is 12.4. The number of para-hydroxylation sites is 1. The van der Waals surface area contributed by atoms with Gasteiger partial charge in [0.15, 0.2) is 5.82 Å². The molecule has 0 unspecified atom stereocenters. The van der Waals surface area contributed by atoms with Crippen LogP contribution in [0.2, 0.25) is 0 Å². The second kappa shape index (κ2) is 11.5. The molecule has 2 aliphatic rings. The van der Waals surface area contributed by atoms with Gasteiger partial charge in [-0.15, -0.1) is 0 Å². The molecule has 2 heterocycles. The molecule has 0 bridgehead atoms. The first-order valence-corrected chi connectivity index (χ1v) is 19.3. The van der Waals surface area contributed by atoms with Crippen LogP contribution in [0.25, 0.3) is 83.6 Å². The van der Waals surface area contributed by atoms with E-state index in [-0.39, 0.29) is 10.8 Å². The first-order valence-electron chi connectivity index (χ1n) is 19.3. The van der Waals surface area contributed by atoms with Gasteiger partial charge in [-0.25, -0.2) is 9.97 Å². The summed E-state index contributed by atoms with van der Waals surface area (Å²) in [5.74, 6) is 0.712. The Bertz CT molecular complexity index is 2950. The largest absolute Gasteiger partial charge is 0.309 e. The van der Waals surface area contributed by atoms with Crippen molar-refractivity contribution in [2.24, 2.45) is 0 Å². The summed E-state index contributed by atoms with van der Waals surface area (Å²) in [7, 11) is 0. The van der Waals surface area contributed by atoms with Gasteiger partial charge in [0.2, 0.25) is 0 Å². The molecule has 55 heavy (non-hydrogen) atoms. The maximum atomic E-state index is 5.10. The van der Waals surface area contributed by atoms with Crippen molar-refractivity contribution in [1.82, 2.24) is 14.5 Å². The minimum Gasteiger partial charge on any atom is -0.309 e. The molecule has 0 radical (unpaired) electrons. The second-order valence-electron chi connectivity index (χ2n) is 16.2. The number of hydrogen-bond acceptors (Lipinski definition) is 2. The van der Waals surface area contributed by atoms with E-state index in [1.165, 1.54) is 66.3 Å². The van der Waals surface area contributed by atoms with Crippen molar-refractivity contribution in [3.8, 4) is 61.8 Å². The van der Waals surface area contributed by atoms with E-state index in [1.54, 1.807) is 0 Å². The molecule has 2 aliphatic carbocycles. The summed E-state index contributed by atoms with van der Waals surface area (Å²) < 4.78 is 2.44. The number of aromatic nitrogens is 3. The molecule has 0 atom stereocenters. The van der Waals surface area contributed by atoms with Gasteiger partial charge in [-0.2, -0.15) is 0 Å². The SMILES string of the molecule is CC1(C)c2ccccc2-c2c1ccc1c2-c2cc3c4ccccc4n(-c4ccc(-c5nc(-c6ccccc6)cc(-c6ccccc6)n5)cc4)c3cc2C1(C)C. The fourth-order valence-corrected chi connectivity index (χ4v) is 9.61. The highest BCUT2D eigenvalue weighted by molar-refractivity contribution is 6.12. The van der Waals surface area contributed by atoms with Crippen LogP contribution in [0.1, 0.15) is 49.9 Å². The second-order valence-corrected chi connectivity index (χ2v) is 16.2. The Balaban J connectivity index is 1.08. The summed E-state index contributed by atoms with van der Waals surface area (Å²) in [6.45, 7) is 9.55. The topological polar surface area (TPSA) is 30.7 Å². The molecule has 0 saturated heterocycles. The molecular weight excluding hydrogens is 667 g/mol. The molecule has 262 valence electrons. The van der Waals surface area contributed by atoms with Gasteiger partial charge < -0.3 is 4.57 Å². The zero-order valence-corrected chi connectivity index (χ0v) is 31.4. The molecular formula is C52H39N3. The minimum atomic E-state index is -0.154. The Kier molecular flexibility index (Phi) is 6.65. The smallest absolute Gasteiger partial charge is 0.160 e. The Labute approximate surface area is 321 Å². The zero-order chi connectivity index (χ0) is 37.1. The number of nitrogens with zero attached hydrogens (tertiary/aromatic N) is 3. The fraction of sp³-hybridized carbons (Fsp3) is 0.115. The first kappa shape index (κ1) is 31.9. The highest BCUT2D eigenvalue weighted by Crippen LogP contribution is 2.59. The zero-order valence-electron chi connectivity index (χ0n) is 31.4. The molecule has 0 amide bonds. The van der Waals surface area contributed by atoms with Gasteiger partial charge in [-0.1, -0.05) is 143 Å². The molecule has 0 fully saturated rings. The van der Waals surface area contributed by atoms with Crippen LogP contribution in [-0.4, -0.2) is 14.5 Å². The number of benzene rings is 7. The van der Waals surface area contributed by atoms with Crippen LogP contribution in [0.15, 0.2) is 164 Å². The molecule has 3 heteroatoms. The van der Waals surface area contributed by atoms with E-state index in [1.807, 2.05) is 12.1 Å². The lowest BCUT2D eigenvalue weighted by molar-refractivity contribution is 0.651. The van der Waals surface area contributed by atoms with Crippen molar-refractivity contribution in [3.63, 3.8) is 0 Å². The Morgan fingerprint density at radius 3 is 1.64 bits per heavy atom. The molecule has 0 saturated carbocycles. The first-order chi connectivity index (χ1) is 26.8. The molecule has 11 rings (SSSR count). The van der Waals surface area contributed by atoms with Crippen LogP contribution in [0.4, 0.5) is 0 Å². The van der Waals surface area contributed by atoms with E-state index in [0.29, 0.717) is 5.82 Å². The van der Waals surface area contributed by atoms with E-state index in [2.05, 4.69) is 184 Å². The third kappa shape index (κ3) is 4.56. The molecule has 7 aromatic carbocycles. The molecule has 3 nitrogen and oxygen atoms in total. The molecule has 2 aromatic heterocycles.